The van der Waals surface area contributed by atoms with E-state index in [0.29, 0.717) is 6.42 Å². The Morgan fingerprint density at radius 1 is 1.00 bits per heavy atom. The minimum Gasteiger partial charge on any atom is -0.481 e. The van der Waals surface area contributed by atoms with Gasteiger partial charge in [-0.05, 0) is 6.42 Å². The fourth-order valence-corrected chi connectivity index (χ4v) is 1.23. The van der Waals surface area contributed by atoms with Gasteiger partial charge in [-0.25, -0.2) is 0 Å². The van der Waals surface area contributed by atoms with E-state index in [9.17, 15) is 4.79 Å². The molecule has 0 aromatic heterocycles. The van der Waals surface area contributed by atoms with E-state index >= 15 is 0 Å². The molecule has 0 bridgehead atoms. The smallest absolute Gasteiger partial charge is 0.303 e. The van der Waals surface area contributed by atoms with Crippen LogP contribution in [-0.4, -0.2) is 11.1 Å². The van der Waals surface area contributed by atoms with Crippen molar-refractivity contribution in [3.05, 3.63) is 0 Å². The number of rotatable bonds is 8. The molecule has 0 aromatic carbocycles. The van der Waals surface area contributed by atoms with Gasteiger partial charge < -0.3 is 5.11 Å². The summed E-state index contributed by atoms with van der Waals surface area (Å²) in [5.74, 6) is -0.663. The fraction of sp³-hybridized carbons (Fsp3) is 0.900. The Kier molecular flexibility index (Phi) is 15.5. The maximum atomic E-state index is 10.1. The molecule has 3 heteroatoms. The van der Waals surface area contributed by atoms with Crippen LogP contribution in [0.2, 0.25) is 0 Å². The van der Waals surface area contributed by atoms with Crippen LogP contribution in [0, 0.1) is 0 Å². The zero-order chi connectivity index (χ0) is 9.23. The van der Waals surface area contributed by atoms with Gasteiger partial charge in [0.25, 0.3) is 0 Å². The van der Waals surface area contributed by atoms with Crippen LogP contribution in [0.25, 0.3) is 0 Å². The second-order valence-corrected chi connectivity index (χ2v) is 3.27. The van der Waals surface area contributed by atoms with Crippen molar-refractivity contribution in [2.75, 3.05) is 0 Å². The van der Waals surface area contributed by atoms with Crippen molar-refractivity contribution in [3.8, 4) is 0 Å². The molecule has 0 aliphatic rings. The van der Waals surface area contributed by atoms with Crippen LogP contribution in [0.15, 0.2) is 0 Å². The Bertz CT molecular complexity index is 115. The first-order chi connectivity index (χ1) is 5.77. The van der Waals surface area contributed by atoms with Crippen molar-refractivity contribution in [1.29, 1.82) is 0 Å². The van der Waals surface area contributed by atoms with E-state index in [1.807, 2.05) is 0 Å². The molecule has 0 spiro atoms. The topological polar surface area (TPSA) is 37.3 Å². The third-order valence-corrected chi connectivity index (χ3v) is 1.99. The number of carboxylic acid groups (broad SMARTS) is 1. The molecule has 0 fully saturated rings. The first-order valence-corrected chi connectivity index (χ1v) is 4.99. The largest absolute Gasteiger partial charge is 0.481 e. The van der Waals surface area contributed by atoms with E-state index in [2.05, 4.69) is 6.92 Å². The first-order valence-electron chi connectivity index (χ1n) is 4.99. The number of carbonyl (C=O) groups is 1. The average Bonchev–Trinajstić information content (AvgIpc) is 2.02. The Hall–Kier alpha value is 0.574. The molecule has 13 heavy (non-hydrogen) atoms. The van der Waals surface area contributed by atoms with E-state index in [-0.39, 0.29) is 32.7 Å². The molecule has 0 aliphatic heterocycles. The minimum absolute atomic E-state index is 0. The molecule has 1 radical (unpaired) electrons. The van der Waals surface area contributed by atoms with Gasteiger partial charge in [0, 0.05) is 39.1 Å². The van der Waals surface area contributed by atoms with Crippen molar-refractivity contribution in [2.45, 2.75) is 58.3 Å². The predicted molar refractivity (Wildman–Crippen MR) is 50.2 cm³/mol. The van der Waals surface area contributed by atoms with E-state index in [1.54, 1.807) is 0 Å². The molecule has 0 aliphatic carbocycles. The summed E-state index contributed by atoms with van der Waals surface area (Å²) in [4.78, 5) is 10.1. The normalized spacial score (nSPS) is 9.31. The molecule has 0 heterocycles. The Labute approximate surface area is 106 Å². The van der Waals surface area contributed by atoms with Crippen LogP contribution < -0.4 is 0 Å². The van der Waals surface area contributed by atoms with Crippen molar-refractivity contribution in [1.82, 2.24) is 0 Å². The quantitative estimate of drug-likeness (QED) is 0.681. The molecular formula is C10H20O2Y. The summed E-state index contributed by atoms with van der Waals surface area (Å²) in [5, 5.41) is 8.35. The van der Waals surface area contributed by atoms with Gasteiger partial charge >= 0.3 is 5.97 Å². The second kappa shape index (κ2) is 12.6. The standard InChI is InChI=1S/C10H20O2.Y/c1-2-3-4-5-6-7-8-9-10(11)12;/h2-9H2,1H3,(H,11,12);. The van der Waals surface area contributed by atoms with E-state index in [0.717, 1.165) is 12.8 Å². The Morgan fingerprint density at radius 2 is 1.46 bits per heavy atom. The number of carboxylic acids is 1. The Morgan fingerprint density at radius 3 is 1.92 bits per heavy atom. The first kappa shape index (κ1) is 16.0. The molecule has 0 rings (SSSR count). The Balaban J connectivity index is 0. The van der Waals surface area contributed by atoms with E-state index in [4.69, 9.17) is 5.11 Å². The molecule has 0 atom stereocenters. The molecule has 2 nitrogen and oxygen atoms in total. The van der Waals surface area contributed by atoms with Gasteiger partial charge in [-0.3, -0.25) is 4.79 Å². The molecule has 0 saturated carbocycles. The monoisotopic (exact) mass is 261 g/mol. The number of aliphatic carboxylic acids is 1. The van der Waals surface area contributed by atoms with Crippen molar-refractivity contribution in [3.63, 3.8) is 0 Å². The summed E-state index contributed by atoms with van der Waals surface area (Å²) in [6.07, 6.45) is 8.64. The number of unbranched alkanes of at least 4 members (excludes halogenated alkanes) is 6. The molecule has 0 unspecified atom stereocenters. The van der Waals surface area contributed by atoms with Gasteiger partial charge in [0.2, 0.25) is 0 Å². The van der Waals surface area contributed by atoms with Gasteiger partial charge in [0.15, 0.2) is 0 Å². The van der Waals surface area contributed by atoms with Crippen LogP contribution in [0.3, 0.4) is 0 Å². The minimum atomic E-state index is -0.663. The zero-order valence-electron chi connectivity index (χ0n) is 8.59. The van der Waals surface area contributed by atoms with Crippen LogP contribution >= 0.6 is 0 Å². The van der Waals surface area contributed by atoms with Crippen LogP contribution in [0.5, 0.6) is 0 Å². The molecule has 1 N–H and O–H groups in total. The summed E-state index contributed by atoms with van der Waals surface area (Å²) in [6, 6.07) is 0. The second-order valence-electron chi connectivity index (χ2n) is 3.27. The molecule has 75 valence electrons. The van der Waals surface area contributed by atoms with Crippen molar-refractivity contribution < 1.29 is 42.6 Å². The summed E-state index contributed by atoms with van der Waals surface area (Å²) in [5.41, 5.74) is 0. The summed E-state index contributed by atoms with van der Waals surface area (Å²) >= 11 is 0. The summed E-state index contributed by atoms with van der Waals surface area (Å²) < 4.78 is 0. The average molecular weight is 261 g/mol. The van der Waals surface area contributed by atoms with Crippen molar-refractivity contribution >= 4 is 5.97 Å². The summed E-state index contributed by atoms with van der Waals surface area (Å²) in [7, 11) is 0. The molecule has 0 amide bonds. The zero-order valence-corrected chi connectivity index (χ0v) is 11.4. The molecular weight excluding hydrogens is 241 g/mol. The van der Waals surface area contributed by atoms with Gasteiger partial charge in [0.05, 0.1) is 0 Å². The van der Waals surface area contributed by atoms with Gasteiger partial charge in [0.1, 0.15) is 0 Å². The maximum Gasteiger partial charge on any atom is 0.303 e. The summed E-state index contributed by atoms with van der Waals surface area (Å²) in [6.45, 7) is 2.20. The van der Waals surface area contributed by atoms with Crippen LogP contribution in [0.4, 0.5) is 0 Å². The molecule has 0 saturated heterocycles. The molecule has 0 aromatic rings. The van der Waals surface area contributed by atoms with Gasteiger partial charge in [-0.2, -0.15) is 0 Å². The number of hydrogen-bond acceptors (Lipinski definition) is 1. The third kappa shape index (κ3) is 15.3. The van der Waals surface area contributed by atoms with Gasteiger partial charge in [-0.15, -0.1) is 0 Å². The van der Waals surface area contributed by atoms with Crippen LogP contribution in [0.1, 0.15) is 58.3 Å². The maximum absolute atomic E-state index is 10.1. The fourth-order valence-electron chi connectivity index (χ4n) is 1.23. The number of hydrogen-bond donors (Lipinski definition) is 1. The predicted octanol–water partition coefficient (Wildman–Crippen LogP) is 3.21. The van der Waals surface area contributed by atoms with E-state index in [1.165, 1.54) is 32.1 Å². The third-order valence-electron chi connectivity index (χ3n) is 1.99. The van der Waals surface area contributed by atoms with Crippen LogP contribution in [-0.2, 0) is 37.5 Å². The van der Waals surface area contributed by atoms with E-state index < -0.39 is 5.97 Å². The SMILES string of the molecule is CCCCCCCCCC(=O)O.[Y]. The van der Waals surface area contributed by atoms with Gasteiger partial charge in [-0.1, -0.05) is 45.4 Å². The van der Waals surface area contributed by atoms with Crippen molar-refractivity contribution in [2.24, 2.45) is 0 Å².